The molecule has 0 spiro atoms. The molecule has 2 aromatic carbocycles. The van der Waals surface area contributed by atoms with E-state index in [-0.39, 0.29) is 18.9 Å². The summed E-state index contributed by atoms with van der Waals surface area (Å²) in [6.45, 7) is 2.18. The number of esters is 1. The number of amides is 1. The summed E-state index contributed by atoms with van der Waals surface area (Å²) in [5.41, 5.74) is 0.900. The van der Waals surface area contributed by atoms with Crippen molar-refractivity contribution >= 4 is 28.6 Å². The molecule has 0 unspecified atom stereocenters. The minimum atomic E-state index is -0.397. The summed E-state index contributed by atoms with van der Waals surface area (Å²) in [7, 11) is 0. The van der Waals surface area contributed by atoms with E-state index in [1.807, 2.05) is 47.4 Å². The van der Waals surface area contributed by atoms with E-state index >= 15 is 0 Å². The van der Waals surface area contributed by atoms with Crippen molar-refractivity contribution in [2.75, 3.05) is 37.7 Å². The summed E-state index contributed by atoms with van der Waals surface area (Å²) in [6.07, 6.45) is 3.55. The van der Waals surface area contributed by atoms with Gasteiger partial charge in [0.15, 0.2) is 6.61 Å². The van der Waals surface area contributed by atoms with Crippen molar-refractivity contribution in [3.05, 3.63) is 66.5 Å². The van der Waals surface area contributed by atoms with Crippen LogP contribution in [0.4, 0.5) is 5.95 Å². The van der Waals surface area contributed by atoms with Crippen LogP contribution in [0.5, 0.6) is 0 Å². The van der Waals surface area contributed by atoms with Crippen molar-refractivity contribution < 1.29 is 14.3 Å². The Hall–Kier alpha value is -3.48. The van der Waals surface area contributed by atoms with E-state index in [2.05, 4.69) is 9.97 Å². The topological polar surface area (TPSA) is 75.6 Å². The molecule has 1 saturated heterocycles. The number of ether oxygens (including phenoxy) is 1. The molecular weight excluding hydrogens is 368 g/mol. The maximum absolute atomic E-state index is 12.4. The lowest BCUT2D eigenvalue weighted by Gasteiger charge is -2.34. The normalized spacial score (nSPS) is 14.1. The van der Waals surface area contributed by atoms with Gasteiger partial charge in [0, 0.05) is 38.6 Å². The number of hydrogen-bond donors (Lipinski definition) is 0. The van der Waals surface area contributed by atoms with E-state index < -0.39 is 5.97 Å². The summed E-state index contributed by atoms with van der Waals surface area (Å²) in [6, 6.07) is 15.5. The highest BCUT2D eigenvalue weighted by molar-refractivity contribution is 5.89. The highest BCUT2D eigenvalue weighted by atomic mass is 16.5. The average molecular weight is 390 g/mol. The van der Waals surface area contributed by atoms with Crippen LogP contribution in [0.25, 0.3) is 10.8 Å². The minimum absolute atomic E-state index is 0.147. The maximum atomic E-state index is 12.4. The Morgan fingerprint density at radius 2 is 1.62 bits per heavy atom. The third-order valence-corrected chi connectivity index (χ3v) is 5.04. The maximum Gasteiger partial charge on any atom is 0.310 e. The van der Waals surface area contributed by atoms with Crippen LogP contribution < -0.4 is 4.90 Å². The van der Waals surface area contributed by atoms with Crippen LogP contribution >= 0.6 is 0 Å². The molecule has 0 saturated carbocycles. The lowest BCUT2D eigenvalue weighted by atomic mass is 10.0. The monoisotopic (exact) mass is 390 g/mol. The summed E-state index contributed by atoms with van der Waals surface area (Å²) in [5.74, 6) is 0.0945. The molecule has 0 atom stereocenters. The first-order chi connectivity index (χ1) is 14.2. The molecule has 0 N–H and O–H groups in total. The molecule has 7 heteroatoms. The average Bonchev–Trinajstić information content (AvgIpc) is 2.78. The second-order valence-electron chi connectivity index (χ2n) is 6.89. The van der Waals surface area contributed by atoms with E-state index in [0.29, 0.717) is 32.1 Å². The summed E-state index contributed by atoms with van der Waals surface area (Å²) in [5, 5.41) is 2.10. The zero-order chi connectivity index (χ0) is 20.1. The smallest absolute Gasteiger partial charge is 0.310 e. The molecule has 3 aromatic rings. The fraction of sp³-hybridized carbons (Fsp3) is 0.273. The Morgan fingerprint density at radius 1 is 0.897 bits per heavy atom. The van der Waals surface area contributed by atoms with Gasteiger partial charge in [-0.25, -0.2) is 9.97 Å². The first kappa shape index (κ1) is 18.9. The van der Waals surface area contributed by atoms with Crippen molar-refractivity contribution in [1.82, 2.24) is 14.9 Å². The fourth-order valence-electron chi connectivity index (χ4n) is 3.50. The molecule has 1 fully saturated rings. The van der Waals surface area contributed by atoms with Gasteiger partial charge in [0.2, 0.25) is 5.95 Å². The number of rotatable bonds is 5. The van der Waals surface area contributed by atoms with Gasteiger partial charge in [-0.3, -0.25) is 9.59 Å². The van der Waals surface area contributed by atoms with Crippen molar-refractivity contribution in [3.8, 4) is 0 Å². The predicted molar refractivity (Wildman–Crippen MR) is 109 cm³/mol. The minimum Gasteiger partial charge on any atom is -0.455 e. The molecule has 1 aliphatic heterocycles. The molecule has 0 aliphatic carbocycles. The molecule has 1 aliphatic rings. The van der Waals surface area contributed by atoms with Crippen molar-refractivity contribution in [2.24, 2.45) is 0 Å². The highest BCUT2D eigenvalue weighted by Crippen LogP contribution is 2.19. The van der Waals surface area contributed by atoms with Crippen LogP contribution in [0, 0.1) is 0 Å². The Labute approximate surface area is 168 Å². The van der Waals surface area contributed by atoms with Gasteiger partial charge >= 0.3 is 5.97 Å². The molecule has 0 radical (unpaired) electrons. The number of carbonyl (C=O) groups is 2. The number of fused-ring (bicyclic) bond motifs is 1. The standard InChI is InChI=1S/C22H22N4O3/c27-20(25-11-13-26(14-12-25)22-23-9-4-10-24-22)16-29-21(28)15-18-7-3-6-17-5-1-2-8-19(17)18/h1-10H,11-16H2. The molecule has 1 amide bonds. The highest BCUT2D eigenvalue weighted by Gasteiger charge is 2.23. The van der Waals surface area contributed by atoms with Crippen LogP contribution in [-0.4, -0.2) is 59.5 Å². The quantitative estimate of drug-likeness (QED) is 0.621. The van der Waals surface area contributed by atoms with Gasteiger partial charge < -0.3 is 14.5 Å². The van der Waals surface area contributed by atoms with Gasteiger partial charge in [0.1, 0.15) is 0 Å². The van der Waals surface area contributed by atoms with Crippen LogP contribution in [0.3, 0.4) is 0 Å². The molecule has 0 bridgehead atoms. The molecule has 4 rings (SSSR count). The van der Waals surface area contributed by atoms with Gasteiger partial charge in [-0.15, -0.1) is 0 Å². The number of anilines is 1. The zero-order valence-electron chi connectivity index (χ0n) is 16.0. The fourth-order valence-corrected chi connectivity index (χ4v) is 3.50. The molecule has 2 heterocycles. The zero-order valence-corrected chi connectivity index (χ0v) is 16.0. The number of piperazine rings is 1. The van der Waals surface area contributed by atoms with Gasteiger partial charge in [0.25, 0.3) is 5.91 Å². The largest absolute Gasteiger partial charge is 0.455 e. The van der Waals surface area contributed by atoms with Gasteiger partial charge in [-0.1, -0.05) is 42.5 Å². The number of carbonyl (C=O) groups excluding carboxylic acids is 2. The van der Waals surface area contributed by atoms with Crippen LogP contribution in [-0.2, 0) is 20.7 Å². The number of benzene rings is 2. The first-order valence-electron chi connectivity index (χ1n) is 9.63. The van der Waals surface area contributed by atoms with Gasteiger partial charge in [0.05, 0.1) is 6.42 Å². The van der Waals surface area contributed by atoms with Crippen molar-refractivity contribution in [1.29, 1.82) is 0 Å². The predicted octanol–water partition coefficient (Wildman–Crippen LogP) is 2.06. The molecule has 1 aromatic heterocycles. The van der Waals surface area contributed by atoms with E-state index in [1.165, 1.54) is 0 Å². The summed E-state index contributed by atoms with van der Waals surface area (Å²) < 4.78 is 5.25. The van der Waals surface area contributed by atoms with Gasteiger partial charge in [-0.2, -0.15) is 0 Å². The summed E-state index contributed by atoms with van der Waals surface area (Å²) >= 11 is 0. The van der Waals surface area contributed by atoms with E-state index in [0.717, 1.165) is 16.3 Å². The van der Waals surface area contributed by atoms with Crippen LogP contribution in [0.1, 0.15) is 5.56 Å². The second kappa shape index (κ2) is 8.68. The van der Waals surface area contributed by atoms with E-state index in [4.69, 9.17) is 4.74 Å². The molecule has 7 nitrogen and oxygen atoms in total. The SMILES string of the molecule is O=C(Cc1cccc2ccccc12)OCC(=O)N1CCN(c2ncccn2)CC1. The van der Waals surface area contributed by atoms with Gasteiger partial charge in [-0.05, 0) is 22.4 Å². The number of hydrogen-bond acceptors (Lipinski definition) is 6. The number of nitrogens with zero attached hydrogens (tertiary/aromatic N) is 4. The van der Waals surface area contributed by atoms with E-state index in [9.17, 15) is 9.59 Å². The Morgan fingerprint density at radius 3 is 2.41 bits per heavy atom. The number of aromatic nitrogens is 2. The Bertz CT molecular complexity index is 996. The lowest BCUT2D eigenvalue weighted by Crippen LogP contribution is -2.50. The first-order valence-corrected chi connectivity index (χ1v) is 9.63. The molecular formula is C22H22N4O3. The molecule has 29 heavy (non-hydrogen) atoms. The van der Waals surface area contributed by atoms with Crippen molar-refractivity contribution in [2.45, 2.75) is 6.42 Å². The summed E-state index contributed by atoms with van der Waals surface area (Å²) in [4.78, 5) is 36.9. The second-order valence-corrected chi connectivity index (χ2v) is 6.89. The van der Waals surface area contributed by atoms with E-state index in [1.54, 1.807) is 23.4 Å². The lowest BCUT2D eigenvalue weighted by molar-refractivity contribution is -0.151. The van der Waals surface area contributed by atoms with Crippen molar-refractivity contribution in [3.63, 3.8) is 0 Å². The molecule has 148 valence electrons. The Kier molecular flexibility index (Phi) is 5.65. The third-order valence-electron chi connectivity index (χ3n) is 5.04. The van der Waals surface area contributed by atoms with Crippen LogP contribution in [0.2, 0.25) is 0 Å². The van der Waals surface area contributed by atoms with Crippen LogP contribution in [0.15, 0.2) is 60.9 Å². The Balaban J connectivity index is 1.27. The third kappa shape index (κ3) is 4.51.